The first-order valence-electron chi connectivity index (χ1n) is 5.32. The molecule has 0 saturated heterocycles. The molecule has 0 bridgehead atoms. The molecule has 1 N–H and O–H groups in total. The number of methoxy groups -OCH3 is 1. The average Bonchev–Trinajstić information content (AvgIpc) is 2.19. The van der Waals surface area contributed by atoms with Gasteiger partial charge >= 0.3 is 5.97 Å². The minimum Gasteiger partial charge on any atom is -0.467 e. The average molecular weight is 200 g/mol. The highest BCUT2D eigenvalue weighted by Crippen LogP contribution is 2.35. The number of esters is 1. The summed E-state index contributed by atoms with van der Waals surface area (Å²) >= 11 is 0. The Hall–Kier alpha value is -0.570. The van der Waals surface area contributed by atoms with E-state index in [2.05, 4.69) is 18.6 Å². The van der Waals surface area contributed by atoms with Crippen molar-refractivity contribution in [1.29, 1.82) is 0 Å². The molecule has 4 atom stereocenters. The lowest BCUT2D eigenvalue weighted by atomic mass is 9.73. The number of hydrogen-bond acceptors (Lipinski definition) is 3. The van der Waals surface area contributed by atoms with Crippen LogP contribution in [0.2, 0.25) is 0 Å². The smallest absolute Gasteiger partial charge is 0.334 e. The van der Waals surface area contributed by atoms with Gasteiger partial charge in [0.25, 0.3) is 0 Å². The molecule has 0 heterocycles. The van der Waals surface area contributed by atoms with Gasteiger partial charge in [-0.05, 0) is 24.2 Å². The number of aliphatic hydroxyl groups is 1. The van der Waals surface area contributed by atoms with Gasteiger partial charge in [-0.15, -0.1) is 0 Å². The molecule has 0 aliphatic heterocycles. The predicted octanol–water partition coefficient (Wildman–Crippen LogP) is 1.59. The second-order valence-electron chi connectivity index (χ2n) is 4.53. The predicted molar refractivity (Wildman–Crippen MR) is 53.7 cm³/mol. The van der Waals surface area contributed by atoms with Crippen LogP contribution in [0.5, 0.6) is 0 Å². The summed E-state index contributed by atoms with van der Waals surface area (Å²) in [6, 6.07) is 0. The van der Waals surface area contributed by atoms with Gasteiger partial charge < -0.3 is 9.84 Å². The summed E-state index contributed by atoms with van der Waals surface area (Å²) in [5.41, 5.74) is 0. The zero-order valence-electron chi connectivity index (χ0n) is 9.19. The monoisotopic (exact) mass is 200 g/mol. The van der Waals surface area contributed by atoms with Gasteiger partial charge in [-0.3, -0.25) is 0 Å². The van der Waals surface area contributed by atoms with Crippen molar-refractivity contribution < 1.29 is 14.6 Å². The van der Waals surface area contributed by atoms with Gasteiger partial charge in [-0.1, -0.05) is 26.7 Å². The molecule has 3 heteroatoms. The first-order valence-corrected chi connectivity index (χ1v) is 5.32. The maximum Gasteiger partial charge on any atom is 0.334 e. The van der Waals surface area contributed by atoms with E-state index >= 15 is 0 Å². The zero-order chi connectivity index (χ0) is 10.7. The molecular formula is C11H20O3. The Morgan fingerprint density at radius 1 is 1.43 bits per heavy atom. The van der Waals surface area contributed by atoms with Crippen LogP contribution < -0.4 is 0 Å². The summed E-state index contributed by atoms with van der Waals surface area (Å²) in [6.45, 7) is 4.27. The lowest BCUT2D eigenvalue weighted by Gasteiger charge is -2.34. The van der Waals surface area contributed by atoms with Crippen molar-refractivity contribution in [2.24, 2.45) is 17.8 Å². The van der Waals surface area contributed by atoms with Crippen LogP contribution in [-0.2, 0) is 9.53 Å². The van der Waals surface area contributed by atoms with Crippen LogP contribution >= 0.6 is 0 Å². The molecule has 0 spiro atoms. The molecule has 0 aromatic carbocycles. The Balaban J connectivity index is 2.59. The number of ether oxygens (including phenoxy) is 1. The summed E-state index contributed by atoms with van der Waals surface area (Å²) in [5.74, 6) is 0.609. The fourth-order valence-electron chi connectivity index (χ4n) is 2.31. The molecule has 0 aromatic rings. The van der Waals surface area contributed by atoms with E-state index in [-0.39, 0.29) is 5.92 Å². The second-order valence-corrected chi connectivity index (χ2v) is 4.53. The normalized spacial score (nSPS) is 35.0. The molecule has 82 valence electrons. The van der Waals surface area contributed by atoms with Crippen molar-refractivity contribution in [3.8, 4) is 0 Å². The van der Waals surface area contributed by atoms with Crippen molar-refractivity contribution in [2.45, 2.75) is 39.2 Å². The molecule has 1 rings (SSSR count). The molecule has 1 aliphatic carbocycles. The zero-order valence-corrected chi connectivity index (χ0v) is 9.19. The van der Waals surface area contributed by atoms with Gasteiger partial charge in [-0.25, -0.2) is 4.79 Å². The molecule has 1 aliphatic rings. The summed E-state index contributed by atoms with van der Waals surface area (Å²) in [5, 5.41) is 9.76. The third-order valence-corrected chi connectivity index (χ3v) is 3.37. The van der Waals surface area contributed by atoms with Crippen molar-refractivity contribution in [1.82, 2.24) is 0 Å². The summed E-state index contributed by atoms with van der Waals surface area (Å²) < 4.78 is 4.56. The first-order chi connectivity index (χ1) is 6.56. The highest BCUT2D eigenvalue weighted by atomic mass is 16.5. The Morgan fingerprint density at radius 3 is 2.64 bits per heavy atom. The SMILES string of the molecule is COC(=O)C(O)C1CC(C)CCC1C. The Bertz CT molecular complexity index is 203. The molecule has 14 heavy (non-hydrogen) atoms. The Morgan fingerprint density at radius 2 is 2.07 bits per heavy atom. The second kappa shape index (κ2) is 4.78. The third kappa shape index (κ3) is 2.47. The molecule has 0 radical (unpaired) electrons. The topological polar surface area (TPSA) is 46.5 Å². The van der Waals surface area contributed by atoms with Gasteiger partial charge in [0.15, 0.2) is 6.10 Å². The van der Waals surface area contributed by atoms with E-state index in [0.29, 0.717) is 11.8 Å². The molecule has 0 amide bonds. The van der Waals surface area contributed by atoms with Crippen LogP contribution in [-0.4, -0.2) is 24.3 Å². The number of rotatable bonds is 2. The van der Waals surface area contributed by atoms with Crippen molar-refractivity contribution >= 4 is 5.97 Å². The van der Waals surface area contributed by atoms with Gasteiger partial charge in [-0.2, -0.15) is 0 Å². The van der Waals surface area contributed by atoms with E-state index in [9.17, 15) is 9.90 Å². The van der Waals surface area contributed by atoms with E-state index in [1.807, 2.05) is 0 Å². The minimum absolute atomic E-state index is 0.0752. The Kier molecular flexibility index (Phi) is 3.93. The van der Waals surface area contributed by atoms with Gasteiger partial charge in [0.1, 0.15) is 0 Å². The van der Waals surface area contributed by atoms with E-state index in [1.54, 1.807) is 0 Å². The number of carbonyl (C=O) groups is 1. The minimum atomic E-state index is -0.933. The summed E-state index contributed by atoms with van der Waals surface area (Å²) in [7, 11) is 1.32. The maximum atomic E-state index is 11.2. The summed E-state index contributed by atoms with van der Waals surface area (Å²) in [4.78, 5) is 11.2. The molecule has 1 saturated carbocycles. The molecular weight excluding hydrogens is 180 g/mol. The molecule has 0 aromatic heterocycles. The fourth-order valence-corrected chi connectivity index (χ4v) is 2.31. The molecule has 1 fully saturated rings. The fraction of sp³-hybridized carbons (Fsp3) is 0.909. The number of aliphatic hydroxyl groups excluding tert-OH is 1. The van der Waals surface area contributed by atoms with Crippen molar-refractivity contribution in [3.05, 3.63) is 0 Å². The number of carbonyl (C=O) groups excluding carboxylic acids is 1. The quantitative estimate of drug-likeness (QED) is 0.689. The summed E-state index contributed by atoms with van der Waals surface area (Å²) in [6.07, 6.45) is 2.29. The lowest BCUT2D eigenvalue weighted by Crippen LogP contribution is -2.37. The molecule has 4 unspecified atom stereocenters. The molecule has 3 nitrogen and oxygen atoms in total. The third-order valence-electron chi connectivity index (χ3n) is 3.37. The van der Waals surface area contributed by atoms with E-state index in [0.717, 1.165) is 12.8 Å². The van der Waals surface area contributed by atoms with Crippen LogP contribution in [0, 0.1) is 17.8 Å². The van der Waals surface area contributed by atoms with E-state index in [4.69, 9.17) is 0 Å². The largest absolute Gasteiger partial charge is 0.467 e. The number of hydrogen-bond donors (Lipinski definition) is 1. The highest BCUT2D eigenvalue weighted by molar-refractivity contribution is 5.74. The van der Waals surface area contributed by atoms with Crippen molar-refractivity contribution in [3.63, 3.8) is 0 Å². The Labute approximate surface area is 85.5 Å². The van der Waals surface area contributed by atoms with Crippen LogP contribution in [0.15, 0.2) is 0 Å². The highest BCUT2D eigenvalue weighted by Gasteiger charge is 2.35. The van der Waals surface area contributed by atoms with Crippen LogP contribution in [0.1, 0.15) is 33.1 Å². The van der Waals surface area contributed by atoms with Gasteiger partial charge in [0, 0.05) is 0 Å². The van der Waals surface area contributed by atoms with Crippen LogP contribution in [0.4, 0.5) is 0 Å². The standard InChI is InChI=1S/C11H20O3/c1-7-4-5-8(2)9(6-7)10(12)11(13)14-3/h7-10,12H,4-6H2,1-3H3. The van der Waals surface area contributed by atoms with E-state index in [1.165, 1.54) is 13.5 Å². The maximum absolute atomic E-state index is 11.2. The van der Waals surface area contributed by atoms with Crippen LogP contribution in [0.25, 0.3) is 0 Å². The van der Waals surface area contributed by atoms with Crippen molar-refractivity contribution in [2.75, 3.05) is 7.11 Å². The van der Waals surface area contributed by atoms with Gasteiger partial charge in [0.2, 0.25) is 0 Å². The van der Waals surface area contributed by atoms with Gasteiger partial charge in [0.05, 0.1) is 7.11 Å². The van der Waals surface area contributed by atoms with E-state index < -0.39 is 12.1 Å². The lowest BCUT2D eigenvalue weighted by molar-refractivity contribution is -0.155. The van der Waals surface area contributed by atoms with Crippen LogP contribution in [0.3, 0.4) is 0 Å². The first kappa shape index (κ1) is 11.5.